The van der Waals surface area contributed by atoms with Crippen LogP contribution in [0.5, 0.6) is 0 Å². The Balaban J connectivity index is 2.06. The summed E-state index contributed by atoms with van der Waals surface area (Å²) in [5.41, 5.74) is 2.01. The molecule has 1 N–H and O–H groups in total. The molecule has 0 amide bonds. The van der Waals surface area contributed by atoms with E-state index in [2.05, 4.69) is 17.4 Å². The second kappa shape index (κ2) is 9.11. The summed E-state index contributed by atoms with van der Waals surface area (Å²) < 4.78 is 9.80. The zero-order chi connectivity index (χ0) is 17.4. The fraction of sp³-hybridized carbons (Fsp3) is 0.474. The molecule has 5 heteroatoms. The third-order valence-corrected chi connectivity index (χ3v) is 4.11. The number of carbonyl (C=O) groups excluding carboxylic acids is 2. The first-order chi connectivity index (χ1) is 11.7. The fourth-order valence-corrected chi connectivity index (χ4v) is 2.89. The van der Waals surface area contributed by atoms with Crippen molar-refractivity contribution in [1.29, 1.82) is 0 Å². The van der Waals surface area contributed by atoms with Crippen molar-refractivity contribution in [2.45, 2.75) is 45.4 Å². The number of hydrogen-bond acceptors (Lipinski definition) is 5. The maximum Gasteiger partial charge on any atom is 0.347 e. The smallest absolute Gasteiger partial charge is 0.347 e. The lowest BCUT2D eigenvalue weighted by Gasteiger charge is -2.11. The van der Waals surface area contributed by atoms with Gasteiger partial charge in [0, 0.05) is 11.9 Å². The van der Waals surface area contributed by atoms with Gasteiger partial charge in [-0.3, -0.25) is 0 Å². The molecule has 1 aromatic rings. The van der Waals surface area contributed by atoms with Gasteiger partial charge in [0.25, 0.3) is 0 Å². The molecule has 1 fully saturated rings. The monoisotopic (exact) mass is 331 g/mol. The predicted octanol–water partition coefficient (Wildman–Crippen LogP) is 3.77. The summed E-state index contributed by atoms with van der Waals surface area (Å²) in [6.45, 7) is 3.78. The van der Waals surface area contributed by atoms with E-state index in [1.165, 1.54) is 37.4 Å². The van der Waals surface area contributed by atoms with Gasteiger partial charge < -0.3 is 14.8 Å². The number of carbonyl (C=O) groups is 2. The number of ether oxygens (including phenoxy) is 2. The Bertz CT molecular complexity index is 566. The lowest BCUT2D eigenvalue weighted by Crippen LogP contribution is -2.19. The average Bonchev–Trinajstić information content (AvgIpc) is 3.10. The molecule has 0 saturated heterocycles. The number of rotatable bonds is 7. The summed E-state index contributed by atoms with van der Waals surface area (Å²) in [4.78, 5) is 23.8. The van der Waals surface area contributed by atoms with Gasteiger partial charge in [0.2, 0.25) is 0 Å². The van der Waals surface area contributed by atoms with Crippen LogP contribution in [0, 0.1) is 0 Å². The molecule has 5 nitrogen and oxygen atoms in total. The third kappa shape index (κ3) is 4.85. The number of hydrogen-bond donors (Lipinski definition) is 1. The van der Waals surface area contributed by atoms with Gasteiger partial charge in [-0.1, -0.05) is 25.0 Å². The van der Waals surface area contributed by atoms with Gasteiger partial charge in [0.15, 0.2) is 5.57 Å². The normalized spacial score (nSPS) is 14.1. The highest BCUT2D eigenvalue weighted by Crippen LogP contribution is 2.34. The molecule has 0 radical (unpaired) electrons. The first-order valence-electron chi connectivity index (χ1n) is 8.56. The Morgan fingerprint density at radius 3 is 2.08 bits per heavy atom. The summed E-state index contributed by atoms with van der Waals surface area (Å²) in [5, 5.41) is 2.98. The SMILES string of the molecule is CCOC(=O)C(=CNc1ccc(C2CCCC2)cc1)C(=O)OCC. The number of nitrogens with one attached hydrogen (secondary N) is 1. The van der Waals surface area contributed by atoms with Crippen molar-refractivity contribution >= 4 is 17.6 Å². The molecule has 1 aromatic carbocycles. The molecule has 1 saturated carbocycles. The molecule has 1 aliphatic carbocycles. The van der Waals surface area contributed by atoms with E-state index >= 15 is 0 Å². The van der Waals surface area contributed by atoms with Crippen molar-refractivity contribution in [3.05, 3.63) is 41.6 Å². The molecule has 0 aromatic heterocycles. The molecule has 0 heterocycles. The van der Waals surface area contributed by atoms with Crippen LogP contribution >= 0.6 is 0 Å². The van der Waals surface area contributed by atoms with Gasteiger partial charge in [-0.2, -0.15) is 0 Å². The van der Waals surface area contributed by atoms with Crippen molar-refractivity contribution in [3.8, 4) is 0 Å². The lowest BCUT2D eigenvalue weighted by atomic mass is 9.98. The Morgan fingerprint density at radius 2 is 1.58 bits per heavy atom. The zero-order valence-electron chi connectivity index (χ0n) is 14.3. The predicted molar refractivity (Wildman–Crippen MR) is 92.6 cm³/mol. The summed E-state index contributed by atoms with van der Waals surface area (Å²) in [6.07, 6.45) is 6.46. The van der Waals surface area contributed by atoms with Crippen molar-refractivity contribution in [1.82, 2.24) is 0 Å². The Hall–Kier alpha value is -2.30. The number of anilines is 1. The van der Waals surface area contributed by atoms with E-state index in [4.69, 9.17) is 9.47 Å². The molecule has 24 heavy (non-hydrogen) atoms. The highest BCUT2D eigenvalue weighted by molar-refractivity contribution is 6.14. The first kappa shape index (κ1) is 18.0. The molecule has 0 spiro atoms. The van der Waals surface area contributed by atoms with Gasteiger partial charge in [0.1, 0.15) is 0 Å². The molecular formula is C19H25NO4. The van der Waals surface area contributed by atoms with Crippen LogP contribution in [0.1, 0.15) is 51.0 Å². The topological polar surface area (TPSA) is 64.6 Å². The van der Waals surface area contributed by atoms with Crippen LogP contribution in [0.2, 0.25) is 0 Å². The highest BCUT2D eigenvalue weighted by Gasteiger charge is 2.21. The summed E-state index contributed by atoms with van der Waals surface area (Å²) >= 11 is 0. The molecule has 2 rings (SSSR count). The second-order valence-corrected chi connectivity index (χ2v) is 5.75. The highest BCUT2D eigenvalue weighted by atomic mass is 16.6. The van der Waals surface area contributed by atoms with E-state index in [0.717, 1.165) is 5.69 Å². The zero-order valence-corrected chi connectivity index (χ0v) is 14.3. The van der Waals surface area contributed by atoms with Gasteiger partial charge in [0.05, 0.1) is 13.2 Å². The molecule has 0 aliphatic heterocycles. The summed E-state index contributed by atoms with van der Waals surface area (Å²) in [5.74, 6) is -0.721. The van der Waals surface area contributed by atoms with Crippen molar-refractivity contribution in [2.75, 3.05) is 18.5 Å². The van der Waals surface area contributed by atoms with E-state index in [1.54, 1.807) is 13.8 Å². The minimum absolute atomic E-state index is 0.140. The average molecular weight is 331 g/mol. The van der Waals surface area contributed by atoms with Gasteiger partial charge in [-0.05, 0) is 50.3 Å². The minimum atomic E-state index is -0.689. The molecule has 0 atom stereocenters. The molecular weight excluding hydrogens is 306 g/mol. The van der Waals surface area contributed by atoms with E-state index in [1.807, 2.05) is 12.1 Å². The maximum atomic E-state index is 11.9. The van der Waals surface area contributed by atoms with Crippen molar-refractivity contribution in [2.24, 2.45) is 0 Å². The largest absolute Gasteiger partial charge is 0.462 e. The van der Waals surface area contributed by atoms with Crippen LogP contribution < -0.4 is 5.32 Å². The standard InChI is InChI=1S/C19H25NO4/c1-3-23-18(21)17(19(22)24-4-2)13-20-16-11-9-15(10-12-16)14-7-5-6-8-14/h9-14,20H,3-8H2,1-2H3. The fourth-order valence-electron chi connectivity index (χ4n) is 2.89. The quantitative estimate of drug-likeness (QED) is 0.357. The maximum absolute atomic E-state index is 11.9. The second-order valence-electron chi connectivity index (χ2n) is 5.75. The Labute approximate surface area is 143 Å². The summed E-state index contributed by atoms with van der Waals surface area (Å²) in [6, 6.07) is 8.11. The number of esters is 2. The van der Waals surface area contributed by atoms with E-state index in [9.17, 15) is 9.59 Å². The molecule has 0 bridgehead atoms. The van der Waals surface area contributed by atoms with Gasteiger partial charge >= 0.3 is 11.9 Å². The van der Waals surface area contributed by atoms with Crippen LogP contribution in [0.4, 0.5) is 5.69 Å². The molecule has 1 aliphatic rings. The van der Waals surface area contributed by atoms with Crippen LogP contribution in [0.15, 0.2) is 36.0 Å². The molecule has 130 valence electrons. The van der Waals surface area contributed by atoms with Crippen LogP contribution in [0.25, 0.3) is 0 Å². The third-order valence-electron chi connectivity index (χ3n) is 4.11. The van der Waals surface area contributed by atoms with Gasteiger partial charge in [-0.25, -0.2) is 9.59 Å². The van der Waals surface area contributed by atoms with E-state index in [-0.39, 0.29) is 18.8 Å². The molecule has 0 unspecified atom stereocenters. The van der Waals surface area contributed by atoms with Crippen LogP contribution in [-0.2, 0) is 19.1 Å². The first-order valence-corrected chi connectivity index (χ1v) is 8.56. The van der Waals surface area contributed by atoms with E-state index < -0.39 is 11.9 Å². The minimum Gasteiger partial charge on any atom is -0.462 e. The van der Waals surface area contributed by atoms with E-state index in [0.29, 0.717) is 5.92 Å². The van der Waals surface area contributed by atoms with Crippen LogP contribution in [-0.4, -0.2) is 25.2 Å². The Morgan fingerprint density at radius 1 is 1.04 bits per heavy atom. The van der Waals surface area contributed by atoms with Gasteiger partial charge in [-0.15, -0.1) is 0 Å². The van der Waals surface area contributed by atoms with Crippen molar-refractivity contribution in [3.63, 3.8) is 0 Å². The summed E-state index contributed by atoms with van der Waals surface area (Å²) in [7, 11) is 0. The Kier molecular flexibility index (Phi) is 6.85. The number of benzene rings is 1. The van der Waals surface area contributed by atoms with Crippen LogP contribution in [0.3, 0.4) is 0 Å². The van der Waals surface area contributed by atoms with Crippen molar-refractivity contribution < 1.29 is 19.1 Å². The lowest BCUT2D eigenvalue weighted by molar-refractivity contribution is -0.146.